The lowest BCUT2D eigenvalue weighted by Crippen LogP contribution is -2.66. The fourth-order valence-electron chi connectivity index (χ4n) is 2.53. The molecule has 0 aliphatic heterocycles. The molecule has 4 unspecified atom stereocenters. The predicted molar refractivity (Wildman–Crippen MR) is 90.6 cm³/mol. The van der Waals surface area contributed by atoms with Crippen LogP contribution in [-0.4, -0.2) is 90.7 Å². The molecule has 0 bridgehead atoms. The SMILES string of the molecule is O=P(O)(O)OC1C(OP(=O)(O)O)[C@@H](OP(=O)(O)O)C(O)[C@@H](OP(=O)(O)O)C1OP(=O)(O)O. The van der Waals surface area contributed by atoms with Gasteiger partial charge in [-0.1, -0.05) is 0 Å². The third kappa shape index (κ3) is 10.8. The molecule has 0 amide bonds. The zero-order valence-electron chi connectivity index (χ0n) is 14.7. The summed E-state index contributed by atoms with van der Waals surface area (Å²) in [5.41, 5.74) is 0. The fourth-order valence-corrected chi connectivity index (χ4v) is 5.33. The molecule has 0 heterocycles. The van der Waals surface area contributed by atoms with Gasteiger partial charge in [-0.3, -0.25) is 22.6 Å². The Hall–Kier alpha value is 0.510. The molecule has 1 fully saturated rings. The van der Waals surface area contributed by atoms with Gasteiger partial charge in [-0.2, -0.15) is 0 Å². The van der Waals surface area contributed by atoms with E-state index in [1.165, 1.54) is 0 Å². The standard InChI is InChI=1S/C6H17O21P5/c7-1-2(23-28(8,9)10)4(25-30(14,15)16)6(27-32(20,21)22)5(26-31(17,18)19)3(1)24-29(11,12)13/h1-7H,(H2,8,9,10)(H2,11,12,13)(H2,14,15,16)(H2,17,18,19)(H2,20,21,22)/t1?,2-,3+,4?,5?,6?. The summed E-state index contributed by atoms with van der Waals surface area (Å²) in [6, 6.07) is 0. The highest BCUT2D eigenvalue weighted by molar-refractivity contribution is 7.47. The third-order valence-corrected chi connectivity index (χ3v) is 5.85. The van der Waals surface area contributed by atoms with Crippen LogP contribution in [0.4, 0.5) is 0 Å². The molecule has 1 aliphatic carbocycles. The Morgan fingerprint density at radius 1 is 0.375 bits per heavy atom. The molecule has 1 rings (SSSR count). The van der Waals surface area contributed by atoms with E-state index in [2.05, 4.69) is 22.6 Å². The summed E-state index contributed by atoms with van der Waals surface area (Å²) in [5, 5.41) is 10.3. The van der Waals surface area contributed by atoms with Gasteiger partial charge < -0.3 is 54.0 Å². The summed E-state index contributed by atoms with van der Waals surface area (Å²) in [4.78, 5) is 90.1. The number of aliphatic hydroxyl groups excluding tert-OH is 1. The minimum Gasteiger partial charge on any atom is -0.387 e. The van der Waals surface area contributed by atoms with Crippen LogP contribution in [0.1, 0.15) is 0 Å². The Morgan fingerprint density at radius 3 is 0.719 bits per heavy atom. The molecular weight excluding hydrogens is 563 g/mol. The highest BCUT2D eigenvalue weighted by atomic mass is 31.2. The van der Waals surface area contributed by atoms with Crippen molar-refractivity contribution in [1.82, 2.24) is 0 Å². The zero-order chi connectivity index (χ0) is 25.5. The van der Waals surface area contributed by atoms with E-state index >= 15 is 0 Å². The topological polar surface area (TPSA) is 354 Å². The van der Waals surface area contributed by atoms with Crippen molar-refractivity contribution in [2.45, 2.75) is 36.6 Å². The van der Waals surface area contributed by atoms with Gasteiger partial charge in [-0.15, -0.1) is 0 Å². The third-order valence-electron chi connectivity index (χ3n) is 3.26. The summed E-state index contributed by atoms with van der Waals surface area (Å²) in [7, 11) is -29.1. The van der Waals surface area contributed by atoms with Crippen molar-refractivity contribution in [2.24, 2.45) is 0 Å². The molecule has 1 aliphatic rings. The number of phosphoric acid groups is 5. The molecule has 0 radical (unpaired) electrons. The van der Waals surface area contributed by atoms with Crippen LogP contribution in [0.3, 0.4) is 0 Å². The van der Waals surface area contributed by atoms with Crippen LogP contribution in [0.5, 0.6) is 0 Å². The zero-order valence-corrected chi connectivity index (χ0v) is 19.2. The van der Waals surface area contributed by atoms with E-state index < -0.39 is 75.7 Å². The molecule has 32 heavy (non-hydrogen) atoms. The van der Waals surface area contributed by atoms with E-state index in [-0.39, 0.29) is 0 Å². The van der Waals surface area contributed by atoms with Gasteiger partial charge in [0.2, 0.25) is 0 Å². The first kappa shape index (κ1) is 30.5. The van der Waals surface area contributed by atoms with Crippen molar-refractivity contribution >= 4 is 39.1 Å². The number of hydrogen-bond donors (Lipinski definition) is 11. The second-order valence-corrected chi connectivity index (χ2v) is 11.8. The number of rotatable bonds is 10. The lowest BCUT2D eigenvalue weighted by molar-refractivity contribution is -0.205. The molecule has 192 valence electrons. The first-order valence-corrected chi connectivity index (χ1v) is 14.9. The molecule has 1 saturated carbocycles. The largest absolute Gasteiger partial charge is 0.470 e. The summed E-state index contributed by atoms with van der Waals surface area (Å²) in [6.45, 7) is 0. The maximum atomic E-state index is 11.3. The molecule has 11 N–H and O–H groups in total. The average Bonchev–Trinajstić information content (AvgIpc) is 2.45. The molecule has 0 aromatic carbocycles. The minimum absolute atomic E-state index is 2.85. The second-order valence-electron chi connectivity index (χ2n) is 5.79. The monoisotopic (exact) mass is 580 g/mol. The van der Waals surface area contributed by atoms with Gasteiger partial charge in [0.15, 0.2) is 0 Å². The summed E-state index contributed by atoms with van der Waals surface area (Å²) >= 11 is 0. The first-order valence-electron chi connectivity index (χ1n) is 7.26. The van der Waals surface area contributed by atoms with E-state index in [1.54, 1.807) is 0 Å². The highest BCUT2D eigenvalue weighted by Crippen LogP contribution is 2.54. The van der Waals surface area contributed by atoms with Gasteiger partial charge in [0.25, 0.3) is 0 Å². The number of hydrogen-bond acceptors (Lipinski definition) is 11. The summed E-state index contributed by atoms with van der Waals surface area (Å²) in [5.74, 6) is 0. The van der Waals surface area contributed by atoms with Crippen LogP contribution in [0.2, 0.25) is 0 Å². The van der Waals surface area contributed by atoms with E-state index in [0.717, 1.165) is 0 Å². The number of aliphatic hydroxyl groups is 1. The van der Waals surface area contributed by atoms with Crippen molar-refractivity contribution in [3.05, 3.63) is 0 Å². The molecule has 26 heteroatoms. The maximum Gasteiger partial charge on any atom is 0.470 e. The molecule has 0 aromatic heterocycles. The van der Waals surface area contributed by atoms with Gasteiger partial charge in [0.05, 0.1) is 0 Å². The van der Waals surface area contributed by atoms with Gasteiger partial charge in [0, 0.05) is 0 Å². The van der Waals surface area contributed by atoms with Gasteiger partial charge >= 0.3 is 39.1 Å². The van der Waals surface area contributed by atoms with Crippen LogP contribution < -0.4 is 0 Å². The summed E-state index contributed by atoms with van der Waals surface area (Å²) < 4.78 is 76.6. The van der Waals surface area contributed by atoms with E-state index in [4.69, 9.17) is 48.9 Å². The Labute approximate surface area is 176 Å². The molecule has 0 aromatic rings. The summed E-state index contributed by atoms with van der Waals surface area (Å²) in [6.07, 6.45) is -17.4. The molecule has 0 saturated heterocycles. The maximum absolute atomic E-state index is 11.3. The van der Waals surface area contributed by atoms with Crippen LogP contribution in [-0.2, 0) is 45.4 Å². The van der Waals surface area contributed by atoms with Crippen molar-refractivity contribution in [2.75, 3.05) is 0 Å². The smallest absolute Gasteiger partial charge is 0.387 e. The lowest BCUT2D eigenvalue weighted by Gasteiger charge is -2.47. The Morgan fingerprint density at radius 2 is 0.531 bits per heavy atom. The van der Waals surface area contributed by atoms with Crippen LogP contribution in [0, 0.1) is 0 Å². The van der Waals surface area contributed by atoms with Crippen molar-refractivity contribution < 1.29 is 99.5 Å². The normalized spacial score (nSPS) is 31.0. The predicted octanol–water partition coefficient (Wildman–Crippen LogP) is -3.25. The van der Waals surface area contributed by atoms with Gasteiger partial charge in [0.1, 0.15) is 36.6 Å². The van der Waals surface area contributed by atoms with E-state index in [1.807, 2.05) is 0 Å². The fraction of sp³-hybridized carbons (Fsp3) is 1.00. The molecule has 0 spiro atoms. The van der Waals surface area contributed by atoms with Crippen molar-refractivity contribution in [3.8, 4) is 0 Å². The molecule has 21 nitrogen and oxygen atoms in total. The Balaban J connectivity index is 3.77. The van der Waals surface area contributed by atoms with Gasteiger partial charge in [-0.05, 0) is 0 Å². The lowest BCUT2D eigenvalue weighted by atomic mass is 9.85. The van der Waals surface area contributed by atoms with Crippen LogP contribution >= 0.6 is 39.1 Å². The molecule has 6 atom stereocenters. The van der Waals surface area contributed by atoms with Crippen molar-refractivity contribution in [3.63, 3.8) is 0 Å². The van der Waals surface area contributed by atoms with Crippen LogP contribution in [0.15, 0.2) is 0 Å². The van der Waals surface area contributed by atoms with Crippen molar-refractivity contribution in [1.29, 1.82) is 0 Å². The Bertz CT molecular complexity index is 824. The quantitative estimate of drug-likeness (QED) is 0.113. The van der Waals surface area contributed by atoms with Gasteiger partial charge in [-0.25, -0.2) is 22.8 Å². The van der Waals surface area contributed by atoms with Crippen LogP contribution in [0.25, 0.3) is 0 Å². The number of phosphoric ester groups is 5. The first-order chi connectivity index (χ1) is 13.9. The van der Waals surface area contributed by atoms with E-state index in [9.17, 15) is 27.9 Å². The Kier molecular flexibility index (Phi) is 9.78. The van der Waals surface area contributed by atoms with E-state index in [0.29, 0.717) is 0 Å². The molecular formula is C6H17O21P5. The average molecular weight is 580 g/mol. The second kappa shape index (κ2) is 10.2. The highest BCUT2D eigenvalue weighted by Gasteiger charge is 2.60. The minimum atomic E-state index is -5.86.